The third-order valence-corrected chi connectivity index (χ3v) is 3.82. The van der Waals surface area contributed by atoms with Gasteiger partial charge in [-0.2, -0.15) is 5.26 Å². The normalized spacial score (nSPS) is 19.2. The molecule has 26 heavy (non-hydrogen) atoms. The average Bonchev–Trinajstić information content (AvgIpc) is 3.07. The van der Waals surface area contributed by atoms with Crippen LogP contribution < -0.4 is 0 Å². The smallest absolute Gasteiger partial charge is 0.335 e. The summed E-state index contributed by atoms with van der Waals surface area (Å²) in [4.78, 5) is 17.2. The molecular weight excluding hydrogens is 328 g/mol. The molecule has 0 aliphatic carbocycles. The van der Waals surface area contributed by atoms with Crippen LogP contribution in [0.5, 0.6) is 0 Å². The summed E-state index contributed by atoms with van der Waals surface area (Å²) in [7, 11) is 0. The molecular formula is C21H20N2O3. The van der Waals surface area contributed by atoms with E-state index in [0.29, 0.717) is 11.5 Å². The minimum atomic E-state index is -0.794. The van der Waals surface area contributed by atoms with Crippen molar-refractivity contribution in [1.82, 2.24) is 0 Å². The van der Waals surface area contributed by atoms with Gasteiger partial charge in [-0.3, -0.25) is 0 Å². The molecule has 1 heterocycles. The molecule has 0 saturated heterocycles. The maximum atomic E-state index is 12.7. The van der Waals surface area contributed by atoms with Gasteiger partial charge in [-0.25, -0.2) is 9.79 Å². The fourth-order valence-corrected chi connectivity index (χ4v) is 2.67. The predicted molar refractivity (Wildman–Crippen MR) is 97.6 cm³/mol. The zero-order chi connectivity index (χ0) is 18.7. The number of aliphatic imine (C=N–C) groups is 1. The van der Waals surface area contributed by atoms with Crippen LogP contribution in [-0.4, -0.2) is 23.5 Å². The van der Waals surface area contributed by atoms with Crippen molar-refractivity contribution in [3.63, 3.8) is 0 Å². The van der Waals surface area contributed by atoms with E-state index in [1.54, 1.807) is 24.3 Å². The summed E-state index contributed by atoms with van der Waals surface area (Å²) < 4.78 is 11.5. The number of nitriles is 1. The maximum Gasteiger partial charge on any atom is 0.335 e. The Balaban J connectivity index is 1.94. The Bertz CT molecular complexity index is 859. The average molecular weight is 348 g/mol. The van der Waals surface area contributed by atoms with Gasteiger partial charge in [-0.1, -0.05) is 30.3 Å². The number of rotatable bonds is 3. The molecule has 0 radical (unpaired) electrons. The fraction of sp³-hybridized carbons (Fsp3) is 0.286. The zero-order valence-electron chi connectivity index (χ0n) is 15.0. The molecule has 0 saturated carbocycles. The molecule has 0 bridgehead atoms. The van der Waals surface area contributed by atoms with E-state index >= 15 is 0 Å². The second kappa shape index (κ2) is 7.01. The van der Waals surface area contributed by atoms with Gasteiger partial charge < -0.3 is 9.47 Å². The van der Waals surface area contributed by atoms with Crippen molar-refractivity contribution in [2.45, 2.75) is 38.5 Å². The number of hydrogen-bond donors (Lipinski definition) is 0. The Kier molecular flexibility index (Phi) is 4.77. The van der Waals surface area contributed by atoms with Gasteiger partial charge >= 0.3 is 5.97 Å². The Morgan fingerprint density at radius 2 is 1.77 bits per heavy atom. The molecule has 3 rings (SSSR count). The summed E-state index contributed by atoms with van der Waals surface area (Å²) in [6.07, 6.45) is -0.590. The number of hydrogen-bond acceptors (Lipinski definition) is 5. The largest absolute Gasteiger partial charge is 0.466 e. The Hall–Kier alpha value is -3.13. The second-order valence-corrected chi connectivity index (χ2v) is 7.05. The van der Waals surface area contributed by atoms with Crippen molar-refractivity contribution in [3.8, 4) is 6.07 Å². The van der Waals surface area contributed by atoms with E-state index < -0.39 is 23.7 Å². The lowest BCUT2D eigenvalue weighted by Crippen LogP contribution is -2.33. The molecule has 0 N–H and O–H groups in total. The van der Waals surface area contributed by atoms with Crippen LogP contribution in [0.3, 0.4) is 0 Å². The standard InChI is InChI=1S/C21H20N2O3/c1-21(2,3)26-20(24)17-18(15-11-9-14(13-22)10-12-15)25-19(23-17)16-7-5-4-6-8-16/h4-12,17-18H,1-3H3/t17-,18-/m0/s1. The highest BCUT2D eigenvalue weighted by molar-refractivity contribution is 5.98. The molecule has 132 valence electrons. The Morgan fingerprint density at radius 1 is 1.12 bits per heavy atom. The topological polar surface area (TPSA) is 71.7 Å². The summed E-state index contributed by atoms with van der Waals surface area (Å²) in [6, 6.07) is 17.7. The number of benzene rings is 2. The lowest BCUT2D eigenvalue weighted by Gasteiger charge is -2.23. The van der Waals surface area contributed by atoms with Crippen LogP contribution in [0.2, 0.25) is 0 Å². The minimum Gasteiger partial charge on any atom is -0.466 e. The molecule has 0 fully saturated rings. The molecule has 1 aliphatic rings. The molecule has 2 atom stereocenters. The second-order valence-electron chi connectivity index (χ2n) is 7.05. The van der Waals surface area contributed by atoms with E-state index in [0.717, 1.165) is 11.1 Å². The fourth-order valence-electron chi connectivity index (χ4n) is 2.67. The molecule has 0 unspecified atom stereocenters. The number of nitrogens with zero attached hydrogens (tertiary/aromatic N) is 2. The number of ether oxygens (including phenoxy) is 2. The maximum absolute atomic E-state index is 12.7. The third-order valence-electron chi connectivity index (χ3n) is 3.82. The molecule has 2 aromatic carbocycles. The first kappa shape index (κ1) is 17.7. The number of esters is 1. The highest BCUT2D eigenvalue weighted by Crippen LogP contribution is 2.33. The van der Waals surface area contributed by atoms with Gasteiger partial charge in [0.25, 0.3) is 0 Å². The summed E-state index contributed by atoms with van der Waals surface area (Å²) >= 11 is 0. The molecule has 5 nitrogen and oxygen atoms in total. The lowest BCUT2D eigenvalue weighted by molar-refractivity contribution is -0.158. The van der Waals surface area contributed by atoms with Crippen molar-refractivity contribution < 1.29 is 14.3 Å². The molecule has 5 heteroatoms. The molecule has 1 aliphatic heterocycles. The third kappa shape index (κ3) is 3.92. The van der Waals surface area contributed by atoms with Gasteiger partial charge in [0, 0.05) is 5.56 Å². The monoisotopic (exact) mass is 348 g/mol. The van der Waals surface area contributed by atoms with Crippen molar-refractivity contribution in [3.05, 3.63) is 71.3 Å². The zero-order valence-corrected chi connectivity index (χ0v) is 15.0. The van der Waals surface area contributed by atoms with Gasteiger partial charge in [0.2, 0.25) is 5.90 Å². The molecule has 2 aromatic rings. The van der Waals surface area contributed by atoms with E-state index in [1.165, 1.54) is 0 Å². The Morgan fingerprint density at radius 3 is 2.35 bits per heavy atom. The first-order chi connectivity index (χ1) is 12.4. The quantitative estimate of drug-likeness (QED) is 0.791. The van der Waals surface area contributed by atoms with Crippen LogP contribution in [0.1, 0.15) is 43.6 Å². The summed E-state index contributed by atoms with van der Waals surface area (Å²) in [5.74, 6) is -0.0198. The molecule has 0 spiro atoms. The first-order valence-corrected chi connectivity index (χ1v) is 8.40. The van der Waals surface area contributed by atoms with Gasteiger partial charge in [0.1, 0.15) is 5.60 Å². The minimum absolute atomic E-state index is 0.413. The van der Waals surface area contributed by atoms with Crippen molar-refractivity contribution >= 4 is 11.9 Å². The van der Waals surface area contributed by atoms with Crippen molar-refractivity contribution in [2.24, 2.45) is 4.99 Å². The van der Waals surface area contributed by atoms with Crippen LogP contribution in [0, 0.1) is 11.3 Å². The predicted octanol–water partition coefficient (Wildman–Crippen LogP) is 3.79. The van der Waals surface area contributed by atoms with Gasteiger partial charge in [-0.15, -0.1) is 0 Å². The van der Waals surface area contributed by atoms with E-state index in [4.69, 9.17) is 14.7 Å². The van der Waals surface area contributed by atoms with E-state index in [-0.39, 0.29) is 0 Å². The van der Waals surface area contributed by atoms with Crippen LogP contribution in [0.15, 0.2) is 59.6 Å². The van der Waals surface area contributed by atoms with Crippen molar-refractivity contribution in [2.75, 3.05) is 0 Å². The molecule has 0 amide bonds. The summed E-state index contributed by atoms with van der Waals surface area (Å²) in [5, 5.41) is 8.97. The summed E-state index contributed by atoms with van der Waals surface area (Å²) in [5.41, 5.74) is 1.51. The number of carbonyl (C=O) groups is 1. The first-order valence-electron chi connectivity index (χ1n) is 8.40. The highest BCUT2D eigenvalue weighted by atomic mass is 16.6. The number of carbonyl (C=O) groups excluding carboxylic acids is 1. The van der Waals surface area contributed by atoms with Crippen LogP contribution in [0.25, 0.3) is 0 Å². The van der Waals surface area contributed by atoms with E-state index in [2.05, 4.69) is 11.1 Å². The van der Waals surface area contributed by atoms with Crippen LogP contribution >= 0.6 is 0 Å². The van der Waals surface area contributed by atoms with Gasteiger partial charge in [0.15, 0.2) is 12.1 Å². The summed E-state index contributed by atoms with van der Waals surface area (Å²) in [6.45, 7) is 5.46. The van der Waals surface area contributed by atoms with Crippen molar-refractivity contribution in [1.29, 1.82) is 5.26 Å². The Labute approximate surface area is 152 Å². The van der Waals surface area contributed by atoms with E-state index in [9.17, 15) is 4.79 Å². The highest BCUT2D eigenvalue weighted by Gasteiger charge is 2.40. The van der Waals surface area contributed by atoms with Crippen LogP contribution in [0.4, 0.5) is 0 Å². The SMILES string of the molecule is CC(C)(C)OC(=O)[C@H]1N=C(c2ccccc2)O[C@H]1c1ccc(C#N)cc1. The lowest BCUT2D eigenvalue weighted by atomic mass is 10.0. The van der Waals surface area contributed by atoms with E-state index in [1.807, 2.05) is 51.1 Å². The van der Waals surface area contributed by atoms with Gasteiger partial charge in [-0.05, 0) is 50.6 Å². The van der Waals surface area contributed by atoms with Gasteiger partial charge in [0.05, 0.1) is 11.6 Å². The van der Waals surface area contributed by atoms with Crippen LogP contribution in [-0.2, 0) is 14.3 Å². The molecule has 0 aromatic heterocycles.